The third-order valence-electron chi connectivity index (χ3n) is 1.64. The summed E-state index contributed by atoms with van der Waals surface area (Å²) in [4.78, 5) is 10.2. The largest absolute Gasteiger partial charge is 0.347 e. The zero-order chi connectivity index (χ0) is 7.61. The molecule has 2 atom stereocenters. The Morgan fingerprint density at radius 2 is 2.70 bits per heavy atom. The van der Waals surface area contributed by atoms with Gasteiger partial charge in [0.2, 0.25) is 0 Å². The fraction of sp³-hybridized carbons (Fsp3) is 0.833. The van der Waals surface area contributed by atoms with Gasteiger partial charge in [0, 0.05) is 13.1 Å². The average Bonchev–Trinajstić information content (AvgIpc) is 2.33. The Balaban J connectivity index is 2.48. The van der Waals surface area contributed by atoms with Crippen molar-refractivity contribution in [3.63, 3.8) is 0 Å². The molecule has 0 radical (unpaired) electrons. The predicted molar refractivity (Wildman–Crippen MR) is 36.4 cm³/mol. The van der Waals surface area contributed by atoms with Crippen molar-refractivity contribution >= 4 is 6.29 Å². The fourth-order valence-corrected chi connectivity index (χ4v) is 0.903. The number of aldehydes is 1. The number of rotatable bonds is 2. The van der Waals surface area contributed by atoms with E-state index < -0.39 is 6.23 Å². The van der Waals surface area contributed by atoms with E-state index in [-0.39, 0.29) is 5.60 Å². The van der Waals surface area contributed by atoms with Crippen molar-refractivity contribution in [1.29, 1.82) is 0 Å². The maximum Gasteiger partial charge on any atom is 0.165 e. The summed E-state index contributed by atoms with van der Waals surface area (Å²) in [6, 6.07) is 0. The Bertz CT molecular complexity index is 140. The summed E-state index contributed by atoms with van der Waals surface area (Å²) in [5.74, 6) is 0. The highest BCUT2D eigenvalue weighted by Gasteiger charge is 2.33. The van der Waals surface area contributed by atoms with Crippen LogP contribution in [0.4, 0.5) is 0 Å². The maximum atomic E-state index is 10.2. The molecule has 1 heterocycles. The molecule has 0 saturated carbocycles. The minimum Gasteiger partial charge on any atom is -0.347 e. The highest BCUT2D eigenvalue weighted by atomic mass is 16.5. The van der Waals surface area contributed by atoms with E-state index in [2.05, 4.69) is 5.32 Å². The van der Waals surface area contributed by atoms with Crippen LogP contribution in [0.1, 0.15) is 6.92 Å². The molecule has 1 saturated heterocycles. The van der Waals surface area contributed by atoms with Crippen LogP contribution in [-0.4, -0.2) is 31.2 Å². The van der Waals surface area contributed by atoms with Crippen LogP contribution >= 0.6 is 0 Å². The molecule has 58 valence electrons. The molecule has 0 aromatic rings. The van der Waals surface area contributed by atoms with E-state index in [0.29, 0.717) is 13.1 Å². The first-order valence-corrected chi connectivity index (χ1v) is 3.27. The van der Waals surface area contributed by atoms with E-state index in [0.717, 1.165) is 6.29 Å². The molecule has 2 unspecified atom stereocenters. The van der Waals surface area contributed by atoms with Crippen molar-refractivity contribution in [1.82, 2.24) is 5.32 Å². The van der Waals surface area contributed by atoms with Crippen molar-refractivity contribution in [2.24, 2.45) is 5.73 Å². The molecule has 4 nitrogen and oxygen atoms in total. The van der Waals surface area contributed by atoms with Crippen LogP contribution in [0, 0.1) is 0 Å². The molecule has 0 bridgehead atoms. The van der Waals surface area contributed by atoms with Gasteiger partial charge in [-0.3, -0.25) is 10.1 Å². The first-order valence-electron chi connectivity index (χ1n) is 3.27. The van der Waals surface area contributed by atoms with Crippen LogP contribution in [0.5, 0.6) is 0 Å². The third kappa shape index (κ3) is 1.34. The normalized spacial score (nSPS) is 40.0. The van der Waals surface area contributed by atoms with Gasteiger partial charge >= 0.3 is 0 Å². The number of hydrogen-bond donors (Lipinski definition) is 2. The molecule has 4 heteroatoms. The molecule has 0 aliphatic carbocycles. The molecule has 0 amide bonds. The topological polar surface area (TPSA) is 64.3 Å². The molecule has 1 rings (SSSR count). The molecule has 1 fully saturated rings. The summed E-state index contributed by atoms with van der Waals surface area (Å²) in [6.07, 6.45) is 0.273. The zero-order valence-corrected chi connectivity index (χ0v) is 5.96. The lowest BCUT2D eigenvalue weighted by Crippen LogP contribution is -2.37. The van der Waals surface area contributed by atoms with E-state index in [1.165, 1.54) is 0 Å². The lowest BCUT2D eigenvalue weighted by atomic mass is 10.1. The Kier molecular flexibility index (Phi) is 2.03. The van der Waals surface area contributed by atoms with Crippen molar-refractivity contribution in [3.05, 3.63) is 0 Å². The quantitative estimate of drug-likeness (QED) is 0.480. The second kappa shape index (κ2) is 2.65. The van der Waals surface area contributed by atoms with Gasteiger partial charge in [-0.25, -0.2) is 0 Å². The highest BCUT2D eigenvalue weighted by molar-refractivity contribution is 5.56. The molecule has 0 aromatic heterocycles. The monoisotopic (exact) mass is 144 g/mol. The summed E-state index contributed by atoms with van der Waals surface area (Å²) >= 11 is 0. The second-order valence-electron chi connectivity index (χ2n) is 2.71. The minimum atomic E-state index is -0.464. The maximum absolute atomic E-state index is 10.2. The van der Waals surface area contributed by atoms with Crippen LogP contribution in [-0.2, 0) is 9.53 Å². The number of carbonyl (C=O) groups excluding carboxylic acids is 1. The Morgan fingerprint density at radius 1 is 2.00 bits per heavy atom. The fourth-order valence-electron chi connectivity index (χ4n) is 0.903. The van der Waals surface area contributed by atoms with Crippen molar-refractivity contribution in [2.45, 2.75) is 18.8 Å². The summed E-state index contributed by atoms with van der Waals surface area (Å²) in [5.41, 5.74) is 5.05. The SMILES string of the molecule is CC1(CN)CNC(C=O)O1. The lowest BCUT2D eigenvalue weighted by molar-refractivity contribution is -0.121. The number of ether oxygens (including phenoxy) is 1. The summed E-state index contributed by atoms with van der Waals surface area (Å²) in [6.45, 7) is 2.96. The van der Waals surface area contributed by atoms with Gasteiger partial charge in [-0.05, 0) is 6.92 Å². The molecule has 1 aliphatic heterocycles. The van der Waals surface area contributed by atoms with Gasteiger partial charge in [-0.2, -0.15) is 0 Å². The van der Waals surface area contributed by atoms with Gasteiger partial charge in [0.25, 0.3) is 0 Å². The number of nitrogens with one attached hydrogen (secondary N) is 1. The number of nitrogens with two attached hydrogens (primary N) is 1. The van der Waals surface area contributed by atoms with Gasteiger partial charge in [-0.15, -0.1) is 0 Å². The molecule has 0 aromatic carbocycles. The average molecular weight is 144 g/mol. The van der Waals surface area contributed by atoms with Crippen molar-refractivity contribution in [3.8, 4) is 0 Å². The van der Waals surface area contributed by atoms with Gasteiger partial charge in [0.15, 0.2) is 12.5 Å². The van der Waals surface area contributed by atoms with Gasteiger partial charge in [0.05, 0.1) is 5.60 Å². The van der Waals surface area contributed by atoms with E-state index in [1.54, 1.807) is 0 Å². The summed E-state index contributed by atoms with van der Waals surface area (Å²) < 4.78 is 5.24. The molecule has 0 spiro atoms. The van der Waals surface area contributed by atoms with E-state index in [9.17, 15) is 4.79 Å². The van der Waals surface area contributed by atoms with Crippen LogP contribution in [0.15, 0.2) is 0 Å². The van der Waals surface area contributed by atoms with E-state index in [1.807, 2.05) is 6.92 Å². The number of carbonyl (C=O) groups is 1. The van der Waals surface area contributed by atoms with E-state index >= 15 is 0 Å². The predicted octanol–water partition coefficient (Wildman–Crippen LogP) is -1.15. The lowest BCUT2D eigenvalue weighted by Gasteiger charge is -2.19. The first-order chi connectivity index (χ1) is 4.70. The highest BCUT2D eigenvalue weighted by Crippen LogP contribution is 2.14. The standard InChI is InChI=1S/C6H12N2O2/c1-6(3-7)4-8-5(2-9)10-6/h2,5,8H,3-4,7H2,1H3. The summed E-state index contributed by atoms with van der Waals surface area (Å²) in [7, 11) is 0. The van der Waals surface area contributed by atoms with Gasteiger partial charge in [-0.1, -0.05) is 0 Å². The molecule has 10 heavy (non-hydrogen) atoms. The second-order valence-corrected chi connectivity index (χ2v) is 2.71. The number of hydrogen-bond acceptors (Lipinski definition) is 4. The molecular weight excluding hydrogens is 132 g/mol. The molecular formula is C6H12N2O2. The van der Waals surface area contributed by atoms with Crippen LogP contribution < -0.4 is 11.1 Å². The van der Waals surface area contributed by atoms with Crippen molar-refractivity contribution in [2.75, 3.05) is 13.1 Å². The van der Waals surface area contributed by atoms with Crippen LogP contribution in [0.3, 0.4) is 0 Å². The van der Waals surface area contributed by atoms with Crippen LogP contribution in [0.25, 0.3) is 0 Å². The van der Waals surface area contributed by atoms with Crippen molar-refractivity contribution < 1.29 is 9.53 Å². The Labute approximate surface area is 59.7 Å². The molecule has 3 N–H and O–H groups in total. The Morgan fingerprint density at radius 3 is 3.00 bits per heavy atom. The third-order valence-corrected chi connectivity index (χ3v) is 1.64. The summed E-state index contributed by atoms with van der Waals surface area (Å²) in [5, 5.41) is 2.88. The van der Waals surface area contributed by atoms with Gasteiger partial charge in [0.1, 0.15) is 0 Å². The zero-order valence-electron chi connectivity index (χ0n) is 5.96. The first kappa shape index (κ1) is 7.65. The minimum absolute atomic E-state index is 0.356. The smallest absolute Gasteiger partial charge is 0.165 e. The Hall–Kier alpha value is -0.450. The molecule has 1 aliphatic rings. The van der Waals surface area contributed by atoms with E-state index in [4.69, 9.17) is 10.5 Å². The van der Waals surface area contributed by atoms with Crippen LogP contribution in [0.2, 0.25) is 0 Å². The van der Waals surface area contributed by atoms with Gasteiger partial charge < -0.3 is 10.5 Å².